The van der Waals surface area contributed by atoms with Gasteiger partial charge in [-0.2, -0.15) is 0 Å². The summed E-state index contributed by atoms with van der Waals surface area (Å²) in [4.78, 5) is 14.8. The summed E-state index contributed by atoms with van der Waals surface area (Å²) in [7, 11) is 0. The molecule has 3 nitrogen and oxygen atoms in total. The second kappa shape index (κ2) is 8.97. The Hall–Kier alpha value is -1.05. The molecule has 1 aliphatic heterocycles. The van der Waals surface area contributed by atoms with Crippen LogP contribution in [-0.4, -0.2) is 16.8 Å². The summed E-state index contributed by atoms with van der Waals surface area (Å²) in [6.45, 7) is 2.71. The van der Waals surface area contributed by atoms with E-state index in [1.165, 1.54) is 16.7 Å². The average Bonchev–Trinajstić information content (AvgIpc) is 2.90. The van der Waals surface area contributed by atoms with Gasteiger partial charge in [-0.3, -0.25) is 9.69 Å². The molecule has 8 heteroatoms. The first-order valence-electron chi connectivity index (χ1n) is 8.06. The molecule has 3 rings (SSSR count). The Balaban J connectivity index is 1.86. The normalized spacial score (nSPS) is 15.7. The number of thiocarbonyl (C=S) groups is 1. The second-order valence-corrected chi connectivity index (χ2v) is 9.00. The number of carbonyl (C=O) groups is 1. The van der Waals surface area contributed by atoms with Gasteiger partial charge in [0.05, 0.1) is 31.7 Å². The van der Waals surface area contributed by atoms with Crippen LogP contribution >= 0.6 is 63.1 Å². The predicted molar refractivity (Wildman–Crippen MR) is 122 cm³/mol. The summed E-state index contributed by atoms with van der Waals surface area (Å²) in [5.74, 6) is 0.586. The summed E-state index contributed by atoms with van der Waals surface area (Å²) in [5, 5.41) is 0.801. The minimum Gasteiger partial charge on any atom is -0.492 e. The highest BCUT2D eigenvalue weighted by Crippen LogP contribution is 2.38. The number of rotatable bonds is 5. The van der Waals surface area contributed by atoms with Crippen molar-refractivity contribution in [3.63, 3.8) is 0 Å². The van der Waals surface area contributed by atoms with Crippen LogP contribution in [0.3, 0.4) is 0 Å². The van der Waals surface area contributed by atoms with Crippen LogP contribution in [0, 0.1) is 0 Å². The fraction of sp³-hybridized carbons (Fsp3) is 0.158. The average molecular weight is 503 g/mol. The third kappa shape index (κ3) is 4.69. The van der Waals surface area contributed by atoms with Crippen LogP contribution in [0.1, 0.15) is 18.9 Å². The molecule has 1 heterocycles. The lowest BCUT2D eigenvalue weighted by Gasteiger charge is -2.15. The van der Waals surface area contributed by atoms with Gasteiger partial charge < -0.3 is 4.74 Å². The highest BCUT2D eigenvalue weighted by atomic mass is 79.9. The Bertz CT molecular complexity index is 949. The first-order chi connectivity index (χ1) is 12.9. The molecule has 0 radical (unpaired) electrons. The molecule has 2 aromatic carbocycles. The van der Waals surface area contributed by atoms with E-state index in [1.807, 2.05) is 24.3 Å². The van der Waals surface area contributed by atoms with Crippen LogP contribution in [0.4, 0.5) is 5.69 Å². The molecule has 0 aliphatic carbocycles. The first-order valence-corrected chi connectivity index (χ1v) is 10.8. The molecular weight excluding hydrogens is 489 g/mol. The Morgan fingerprint density at radius 2 is 2.00 bits per heavy atom. The summed E-state index contributed by atoms with van der Waals surface area (Å²) in [6, 6.07) is 10.7. The van der Waals surface area contributed by atoms with Crippen molar-refractivity contribution in [1.29, 1.82) is 0 Å². The zero-order chi connectivity index (χ0) is 19.6. The van der Waals surface area contributed by atoms with Gasteiger partial charge in [0.25, 0.3) is 5.91 Å². The van der Waals surface area contributed by atoms with Gasteiger partial charge >= 0.3 is 0 Å². The highest BCUT2D eigenvalue weighted by molar-refractivity contribution is 9.10. The fourth-order valence-electron chi connectivity index (χ4n) is 2.40. The van der Waals surface area contributed by atoms with E-state index >= 15 is 0 Å². The number of ether oxygens (including phenoxy) is 1. The Labute approximate surface area is 185 Å². The van der Waals surface area contributed by atoms with Gasteiger partial charge in [-0.25, -0.2) is 0 Å². The number of hydrogen-bond donors (Lipinski definition) is 0. The highest BCUT2D eigenvalue weighted by Gasteiger charge is 2.33. The summed E-state index contributed by atoms with van der Waals surface area (Å²) >= 11 is 22.2. The van der Waals surface area contributed by atoms with Gasteiger partial charge in [-0.15, -0.1) is 0 Å². The van der Waals surface area contributed by atoms with Crippen molar-refractivity contribution in [3.8, 4) is 5.75 Å². The molecule has 140 valence electrons. The Morgan fingerprint density at radius 3 is 2.67 bits per heavy atom. The van der Waals surface area contributed by atoms with Crippen molar-refractivity contribution in [3.05, 3.63) is 61.4 Å². The zero-order valence-corrected chi connectivity index (χ0v) is 18.9. The lowest BCUT2D eigenvalue weighted by Crippen LogP contribution is -2.27. The molecule has 1 amide bonds. The first kappa shape index (κ1) is 20.7. The molecule has 2 aromatic rings. The van der Waals surface area contributed by atoms with Crippen molar-refractivity contribution in [2.24, 2.45) is 0 Å². The van der Waals surface area contributed by atoms with Crippen LogP contribution in [0.15, 0.2) is 45.8 Å². The lowest BCUT2D eigenvalue weighted by molar-refractivity contribution is -0.113. The van der Waals surface area contributed by atoms with E-state index < -0.39 is 0 Å². The van der Waals surface area contributed by atoms with E-state index in [9.17, 15) is 4.79 Å². The van der Waals surface area contributed by atoms with Gasteiger partial charge in [0.2, 0.25) is 0 Å². The number of carbonyl (C=O) groups excluding carboxylic acids is 1. The van der Waals surface area contributed by atoms with E-state index in [1.54, 1.807) is 18.2 Å². The number of hydrogen-bond acceptors (Lipinski definition) is 4. The van der Waals surface area contributed by atoms with E-state index in [-0.39, 0.29) is 5.91 Å². The molecule has 27 heavy (non-hydrogen) atoms. The van der Waals surface area contributed by atoms with E-state index in [2.05, 4.69) is 22.9 Å². The molecule has 0 bridgehead atoms. The Kier molecular flexibility index (Phi) is 6.87. The quantitative estimate of drug-likeness (QED) is 0.326. The molecule has 0 spiro atoms. The van der Waals surface area contributed by atoms with Gasteiger partial charge in [0, 0.05) is 0 Å². The Morgan fingerprint density at radius 1 is 1.22 bits per heavy atom. The topological polar surface area (TPSA) is 29.5 Å². The van der Waals surface area contributed by atoms with Crippen molar-refractivity contribution in [2.75, 3.05) is 11.5 Å². The molecular formula is C19H14BrCl2NO2S2. The predicted octanol–water partition coefficient (Wildman–Crippen LogP) is 6.95. The maximum Gasteiger partial charge on any atom is 0.270 e. The van der Waals surface area contributed by atoms with Crippen molar-refractivity contribution >= 4 is 85.1 Å². The maximum atomic E-state index is 12.8. The number of halogens is 3. The third-order valence-corrected chi connectivity index (χ3v) is 6.33. The van der Waals surface area contributed by atoms with E-state index in [0.29, 0.717) is 31.6 Å². The number of nitrogens with zero attached hydrogens (tertiary/aromatic N) is 1. The lowest BCUT2D eigenvalue weighted by atomic mass is 10.2. The summed E-state index contributed by atoms with van der Waals surface area (Å²) in [6.07, 6.45) is 2.75. The largest absolute Gasteiger partial charge is 0.492 e. The standard InChI is InChI=1S/C19H14BrCl2NO2S2/c1-2-7-25-16-6-3-11(8-13(16)20)9-17-18(24)23(19(26)27-17)12-4-5-14(21)15(22)10-12/h3-6,8-10H,2,7H2,1H3/b17-9+. The molecule has 1 fully saturated rings. The zero-order valence-electron chi connectivity index (χ0n) is 14.2. The minimum absolute atomic E-state index is 0.189. The van der Waals surface area contributed by atoms with Crippen molar-refractivity contribution in [2.45, 2.75) is 13.3 Å². The van der Waals surface area contributed by atoms with Crippen LogP contribution in [-0.2, 0) is 4.79 Å². The van der Waals surface area contributed by atoms with E-state index in [4.69, 9.17) is 40.2 Å². The van der Waals surface area contributed by atoms with Crippen molar-refractivity contribution < 1.29 is 9.53 Å². The van der Waals surface area contributed by atoms with Crippen LogP contribution < -0.4 is 9.64 Å². The van der Waals surface area contributed by atoms with Crippen LogP contribution in [0.5, 0.6) is 5.75 Å². The summed E-state index contributed by atoms with van der Waals surface area (Å²) in [5.41, 5.74) is 1.47. The monoisotopic (exact) mass is 501 g/mol. The van der Waals surface area contributed by atoms with Crippen LogP contribution in [0.2, 0.25) is 10.0 Å². The number of amides is 1. The van der Waals surface area contributed by atoms with Gasteiger partial charge in [-0.05, 0) is 64.3 Å². The number of anilines is 1. The molecule has 1 aliphatic rings. The van der Waals surface area contributed by atoms with Gasteiger partial charge in [0.15, 0.2) is 4.32 Å². The maximum absolute atomic E-state index is 12.8. The summed E-state index contributed by atoms with van der Waals surface area (Å²) < 4.78 is 6.94. The van der Waals surface area contributed by atoms with E-state index in [0.717, 1.165) is 22.2 Å². The smallest absolute Gasteiger partial charge is 0.270 e. The SMILES string of the molecule is CCCOc1ccc(/C=C2/SC(=S)N(c3ccc(Cl)c(Cl)c3)C2=O)cc1Br. The molecule has 1 saturated heterocycles. The molecule has 0 N–H and O–H groups in total. The van der Waals surface area contributed by atoms with Gasteiger partial charge in [0.1, 0.15) is 5.75 Å². The molecule has 0 saturated carbocycles. The fourth-order valence-corrected chi connectivity index (χ4v) is 4.50. The van der Waals surface area contributed by atoms with Crippen molar-refractivity contribution in [1.82, 2.24) is 0 Å². The third-order valence-electron chi connectivity index (χ3n) is 3.67. The molecule has 0 unspecified atom stereocenters. The van der Waals surface area contributed by atoms with Gasteiger partial charge in [-0.1, -0.05) is 60.2 Å². The number of thioether (sulfide) groups is 1. The molecule has 0 aromatic heterocycles. The van der Waals surface area contributed by atoms with Crippen LogP contribution in [0.25, 0.3) is 6.08 Å². The minimum atomic E-state index is -0.189. The number of benzene rings is 2. The molecule has 0 atom stereocenters. The second-order valence-electron chi connectivity index (χ2n) is 5.65.